The minimum absolute atomic E-state index is 1.03. The van der Waals surface area contributed by atoms with Gasteiger partial charge in [0, 0.05) is 0 Å². The minimum Gasteiger partial charge on any atom is -0.0622 e. The van der Waals surface area contributed by atoms with Crippen molar-refractivity contribution in [1.29, 1.82) is 0 Å². The van der Waals surface area contributed by atoms with Crippen molar-refractivity contribution in [3.8, 4) is 66.8 Å². The summed E-state index contributed by atoms with van der Waals surface area (Å²) in [5, 5.41) is 14.1. The highest BCUT2D eigenvalue weighted by Gasteiger charge is 2.37. The van der Waals surface area contributed by atoms with Crippen LogP contribution in [0.4, 0.5) is 0 Å². The predicted octanol–water partition coefficient (Wildman–Crippen LogP) is 15.2. The summed E-state index contributed by atoms with van der Waals surface area (Å²) in [5.41, 5.74) is 25.4. The molecular weight excluding hydrogens is 769 g/mol. The van der Waals surface area contributed by atoms with Crippen LogP contribution >= 0.6 is 0 Å². The third-order valence-electron chi connectivity index (χ3n) is 15.3. The van der Waals surface area contributed by atoms with Gasteiger partial charge in [0.1, 0.15) is 0 Å². The molecule has 0 atom stereocenters. The summed E-state index contributed by atoms with van der Waals surface area (Å²) in [6, 6.07) is 73.1. The summed E-state index contributed by atoms with van der Waals surface area (Å²) in [6.07, 6.45) is 4.17. The summed E-state index contributed by atoms with van der Waals surface area (Å²) < 4.78 is 0. The molecule has 15 rings (SSSR count). The Morgan fingerprint density at radius 2 is 0.516 bits per heavy atom. The van der Waals surface area contributed by atoms with Gasteiger partial charge in [-0.2, -0.15) is 0 Å². The van der Waals surface area contributed by atoms with Crippen LogP contribution in [-0.4, -0.2) is 0 Å². The highest BCUT2D eigenvalue weighted by molar-refractivity contribution is 6.24. The number of hydrogen-bond acceptors (Lipinski definition) is 0. The smallest absolute Gasteiger partial charge is 0.00108 e. The van der Waals surface area contributed by atoms with E-state index in [1.165, 1.54) is 143 Å². The molecule has 0 saturated heterocycles. The molecule has 0 bridgehead atoms. The Hall–Kier alpha value is -7.80. The van der Waals surface area contributed by atoms with Crippen molar-refractivity contribution < 1.29 is 0 Å². The van der Waals surface area contributed by atoms with Crippen LogP contribution in [0.15, 0.2) is 194 Å². The van der Waals surface area contributed by atoms with E-state index in [1.807, 2.05) is 0 Å². The van der Waals surface area contributed by atoms with E-state index < -0.39 is 0 Å². The molecule has 0 radical (unpaired) electrons. The molecule has 296 valence electrons. The topological polar surface area (TPSA) is 0 Å². The summed E-state index contributed by atoms with van der Waals surface area (Å²) >= 11 is 0. The van der Waals surface area contributed by atoms with Gasteiger partial charge in [0.2, 0.25) is 0 Å². The molecule has 0 fully saturated rings. The zero-order chi connectivity index (χ0) is 41.6. The molecule has 0 amide bonds. The van der Waals surface area contributed by atoms with E-state index >= 15 is 0 Å². The van der Waals surface area contributed by atoms with Gasteiger partial charge in [-0.25, -0.2) is 0 Å². The maximum absolute atomic E-state index is 2.50. The molecule has 4 aliphatic rings. The van der Waals surface area contributed by atoms with Crippen LogP contribution in [0.2, 0.25) is 0 Å². The highest BCUT2D eigenvalue weighted by Crippen LogP contribution is 2.56. The van der Waals surface area contributed by atoms with E-state index in [2.05, 4.69) is 194 Å². The second-order valence-electron chi connectivity index (χ2n) is 18.3. The SMILES string of the molecule is c1ccc(-c2c3c(c(-c4ccccc4)c4ccccc24)-c2ccc4c5c(c6c7c8c(ccc74)-c4c(c(-c7ccccc7)c7ccccc7c4-c4ccccc4)C=8CC6)CCC3=c25)cc1. The van der Waals surface area contributed by atoms with Gasteiger partial charge in [-0.15, -0.1) is 0 Å². The Kier molecular flexibility index (Phi) is 6.99. The van der Waals surface area contributed by atoms with Crippen LogP contribution in [0.1, 0.15) is 35.1 Å². The van der Waals surface area contributed by atoms with Crippen molar-refractivity contribution in [2.75, 3.05) is 0 Å². The Balaban J connectivity index is 1.09. The van der Waals surface area contributed by atoms with Gasteiger partial charge in [0.15, 0.2) is 0 Å². The van der Waals surface area contributed by atoms with Gasteiger partial charge in [-0.1, -0.05) is 194 Å². The first-order chi connectivity index (χ1) is 31.8. The molecule has 0 saturated carbocycles. The van der Waals surface area contributed by atoms with Crippen LogP contribution in [0, 0.1) is 0 Å². The molecule has 0 unspecified atom stereocenters. The molecule has 11 aromatic rings. The minimum atomic E-state index is 1.03. The molecule has 0 heterocycles. The van der Waals surface area contributed by atoms with Crippen molar-refractivity contribution in [1.82, 2.24) is 0 Å². The van der Waals surface area contributed by atoms with Crippen molar-refractivity contribution in [3.05, 3.63) is 227 Å². The maximum Gasteiger partial charge on any atom is -0.00108 e. The third-order valence-corrected chi connectivity index (χ3v) is 15.3. The standard InChI is InChI=1S/C64H40/c1-5-17-37(18-6-1)53-41-25-13-14-26-42(41)54(38-19-7-2-8-20-38)62-50-34-30-46-48-32-36-52-60-51(35-31-47(58(48)60)45-29-33-49(61(53)62)59(50)57(45)46)63-55(39-21-9-3-10-22-39)43-27-15-16-28-44(43)56(64(52)63)40-23-11-4-12-24-40/h1-29,31,33,35H,30,32,34,36H2. The van der Waals surface area contributed by atoms with Crippen LogP contribution in [0.25, 0.3) is 121 Å². The van der Waals surface area contributed by atoms with Crippen LogP contribution < -0.4 is 10.4 Å². The second-order valence-corrected chi connectivity index (χ2v) is 18.3. The highest BCUT2D eigenvalue weighted by atomic mass is 14.4. The summed E-state index contributed by atoms with van der Waals surface area (Å²) in [6.45, 7) is 0. The number of aryl methyl sites for hydroxylation is 2. The van der Waals surface area contributed by atoms with E-state index in [9.17, 15) is 0 Å². The molecule has 0 heteroatoms. The quantitative estimate of drug-likeness (QED) is 0.155. The molecule has 0 nitrogen and oxygen atoms in total. The fourth-order valence-corrected chi connectivity index (χ4v) is 13.1. The fourth-order valence-electron chi connectivity index (χ4n) is 13.1. The first-order valence-electron chi connectivity index (χ1n) is 23.0. The van der Waals surface area contributed by atoms with Crippen LogP contribution in [0.5, 0.6) is 0 Å². The number of hydrogen-bond donors (Lipinski definition) is 0. The van der Waals surface area contributed by atoms with E-state index in [0.717, 1.165) is 25.7 Å². The average Bonchev–Trinajstić information content (AvgIpc) is 3.88. The van der Waals surface area contributed by atoms with Gasteiger partial charge < -0.3 is 0 Å². The third kappa shape index (κ3) is 4.42. The molecule has 64 heavy (non-hydrogen) atoms. The van der Waals surface area contributed by atoms with E-state index in [-0.39, 0.29) is 0 Å². The summed E-state index contributed by atoms with van der Waals surface area (Å²) in [4.78, 5) is 0. The molecule has 0 aromatic heterocycles. The molecule has 0 N–H and O–H groups in total. The monoisotopic (exact) mass is 808 g/mol. The first-order valence-corrected chi connectivity index (χ1v) is 23.0. The van der Waals surface area contributed by atoms with E-state index in [1.54, 1.807) is 11.1 Å². The Morgan fingerprint density at radius 1 is 0.219 bits per heavy atom. The van der Waals surface area contributed by atoms with Crippen molar-refractivity contribution in [2.24, 2.45) is 0 Å². The molecule has 0 spiro atoms. The molecular formula is C64H40. The maximum atomic E-state index is 2.50. The van der Waals surface area contributed by atoms with Gasteiger partial charge in [-0.3, -0.25) is 0 Å². The number of benzene rings is 11. The number of fused-ring (bicyclic) bond motifs is 10. The lowest BCUT2D eigenvalue weighted by Gasteiger charge is -2.26. The van der Waals surface area contributed by atoms with Gasteiger partial charge in [-0.05, 0) is 179 Å². The largest absolute Gasteiger partial charge is 0.0622 e. The second kappa shape index (κ2) is 12.9. The zero-order valence-electron chi connectivity index (χ0n) is 35.3. The average molecular weight is 809 g/mol. The zero-order valence-corrected chi connectivity index (χ0v) is 35.3. The normalized spacial score (nSPS) is 13.9. The van der Waals surface area contributed by atoms with Crippen molar-refractivity contribution in [3.63, 3.8) is 0 Å². The fraction of sp³-hybridized carbons (Fsp3) is 0.0625. The predicted molar refractivity (Wildman–Crippen MR) is 270 cm³/mol. The molecule has 0 aliphatic heterocycles. The lowest BCUT2D eigenvalue weighted by molar-refractivity contribution is 0.941. The lowest BCUT2D eigenvalue weighted by atomic mass is 9.78. The Bertz CT molecular complexity index is 3740. The van der Waals surface area contributed by atoms with Gasteiger partial charge in [0.05, 0.1) is 0 Å². The van der Waals surface area contributed by atoms with E-state index in [4.69, 9.17) is 0 Å². The summed E-state index contributed by atoms with van der Waals surface area (Å²) in [5.74, 6) is 0. The summed E-state index contributed by atoms with van der Waals surface area (Å²) in [7, 11) is 0. The molecule has 11 aromatic carbocycles. The molecule has 4 aliphatic carbocycles. The number of rotatable bonds is 4. The first kappa shape index (κ1) is 34.7. The lowest BCUT2D eigenvalue weighted by Crippen LogP contribution is -2.21. The van der Waals surface area contributed by atoms with Gasteiger partial charge >= 0.3 is 0 Å². The van der Waals surface area contributed by atoms with Gasteiger partial charge in [0.25, 0.3) is 0 Å². The van der Waals surface area contributed by atoms with Crippen molar-refractivity contribution in [2.45, 2.75) is 25.7 Å². The Labute approximate surface area is 371 Å². The van der Waals surface area contributed by atoms with Crippen molar-refractivity contribution >= 4 is 54.2 Å². The van der Waals surface area contributed by atoms with Crippen LogP contribution in [0.3, 0.4) is 0 Å². The van der Waals surface area contributed by atoms with Crippen LogP contribution in [-0.2, 0) is 12.8 Å². The Morgan fingerprint density at radius 3 is 0.844 bits per heavy atom. The van der Waals surface area contributed by atoms with E-state index in [0.29, 0.717) is 0 Å².